The third-order valence-corrected chi connectivity index (χ3v) is 4.55. The number of nitrogens with zero attached hydrogens (tertiary/aromatic N) is 1. The summed E-state index contributed by atoms with van der Waals surface area (Å²) >= 11 is 8.05. The number of pyridine rings is 1. The first-order valence-corrected chi connectivity index (χ1v) is 7.82. The average Bonchev–Trinajstić information content (AvgIpc) is 2.47. The number of rotatable bonds is 3. The summed E-state index contributed by atoms with van der Waals surface area (Å²) in [6, 6.07) is 18.7. The highest BCUT2D eigenvalue weighted by atomic mass is 35.5. The van der Waals surface area contributed by atoms with Crippen LogP contribution in [-0.2, 0) is 5.75 Å². The average molecular weight is 300 g/mol. The van der Waals surface area contributed by atoms with Crippen molar-refractivity contribution in [1.29, 1.82) is 0 Å². The summed E-state index contributed by atoms with van der Waals surface area (Å²) in [5.74, 6) is 0.833. The lowest BCUT2D eigenvalue weighted by Crippen LogP contribution is -1.88. The Labute approximate surface area is 128 Å². The molecule has 0 radical (unpaired) electrons. The van der Waals surface area contributed by atoms with E-state index < -0.39 is 0 Å². The molecule has 2 aromatic carbocycles. The maximum absolute atomic E-state index is 6.27. The smallest absolute Gasteiger partial charge is 0.133 e. The van der Waals surface area contributed by atoms with Crippen LogP contribution in [0, 0.1) is 6.92 Å². The molecule has 0 saturated carbocycles. The van der Waals surface area contributed by atoms with E-state index in [0.29, 0.717) is 5.15 Å². The summed E-state index contributed by atoms with van der Waals surface area (Å²) in [4.78, 5) is 5.70. The van der Waals surface area contributed by atoms with Gasteiger partial charge in [-0.25, -0.2) is 4.98 Å². The van der Waals surface area contributed by atoms with Gasteiger partial charge in [-0.1, -0.05) is 47.5 Å². The van der Waals surface area contributed by atoms with Crippen molar-refractivity contribution in [1.82, 2.24) is 4.98 Å². The highest BCUT2D eigenvalue weighted by Crippen LogP contribution is 2.28. The highest BCUT2D eigenvalue weighted by molar-refractivity contribution is 7.98. The second kappa shape index (κ2) is 5.86. The van der Waals surface area contributed by atoms with E-state index in [1.165, 1.54) is 10.5 Å². The molecule has 0 N–H and O–H groups in total. The van der Waals surface area contributed by atoms with Gasteiger partial charge in [-0.3, -0.25) is 0 Å². The van der Waals surface area contributed by atoms with E-state index in [1.807, 2.05) is 18.2 Å². The Morgan fingerprint density at radius 1 is 1.05 bits per heavy atom. The lowest BCUT2D eigenvalue weighted by molar-refractivity contribution is 1.30. The molecule has 3 aromatic rings. The van der Waals surface area contributed by atoms with Crippen molar-refractivity contribution in [2.45, 2.75) is 17.6 Å². The van der Waals surface area contributed by atoms with Gasteiger partial charge in [0, 0.05) is 21.6 Å². The number of benzene rings is 2. The monoisotopic (exact) mass is 299 g/mol. The quantitative estimate of drug-likeness (QED) is 0.468. The lowest BCUT2D eigenvalue weighted by Gasteiger charge is -2.06. The predicted octanol–water partition coefficient (Wildman–Crippen LogP) is 5.49. The first-order chi connectivity index (χ1) is 9.72. The van der Waals surface area contributed by atoms with Crippen molar-refractivity contribution in [3.63, 3.8) is 0 Å². The summed E-state index contributed by atoms with van der Waals surface area (Å²) < 4.78 is 0. The SMILES string of the molecule is Cc1ccc(SCc2cc3ccccc3nc2Cl)cc1. The number of fused-ring (bicyclic) bond motifs is 1. The molecule has 3 heteroatoms. The van der Waals surface area contributed by atoms with Crippen LogP contribution in [0.15, 0.2) is 59.5 Å². The zero-order valence-corrected chi connectivity index (χ0v) is 12.7. The van der Waals surface area contributed by atoms with Crippen molar-refractivity contribution >= 4 is 34.3 Å². The van der Waals surface area contributed by atoms with Crippen LogP contribution < -0.4 is 0 Å². The van der Waals surface area contributed by atoms with Gasteiger partial charge in [-0.2, -0.15) is 0 Å². The molecular weight excluding hydrogens is 286 g/mol. The number of aryl methyl sites for hydroxylation is 1. The largest absolute Gasteiger partial charge is 0.236 e. The molecule has 0 aliphatic carbocycles. The minimum absolute atomic E-state index is 0.600. The molecule has 0 aliphatic heterocycles. The fourth-order valence-corrected chi connectivity index (χ4v) is 3.20. The van der Waals surface area contributed by atoms with E-state index in [0.717, 1.165) is 22.2 Å². The molecular formula is C17H14ClNS. The van der Waals surface area contributed by atoms with Crippen LogP contribution in [0.25, 0.3) is 10.9 Å². The molecule has 1 heterocycles. The van der Waals surface area contributed by atoms with E-state index in [1.54, 1.807) is 11.8 Å². The Morgan fingerprint density at radius 2 is 1.80 bits per heavy atom. The summed E-state index contributed by atoms with van der Waals surface area (Å²) in [5, 5.41) is 1.74. The van der Waals surface area contributed by atoms with Crippen LogP contribution in [-0.4, -0.2) is 4.98 Å². The summed E-state index contributed by atoms with van der Waals surface area (Å²) in [6.07, 6.45) is 0. The van der Waals surface area contributed by atoms with Gasteiger partial charge in [0.2, 0.25) is 0 Å². The molecule has 0 spiro atoms. The zero-order valence-electron chi connectivity index (χ0n) is 11.1. The van der Waals surface area contributed by atoms with Gasteiger partial charge < -0.3 is 0 Å². The molecule has 1 nitrogen and oxygen atoms in total. The molecule has 0 bridgehead atoms. The number of hydrogen-bond donors (Lipinski definition) is 0. The van der Waals surface area contributed by atoms with Crippen molar-refractivity contribution in [3.8, 4) is 0 Å². The maximum atomic E-state index is 6.27. The Bertz CT molecular complexity index is 738. The molecule has 0 amide bonds. The summed E-state index contributed by atoms with van der Waals surface area (Å²) in [5.41, 5.74) is 3.30. The highest BCUT2D eigenvalue weighted by Gasteiger charge is 2.05. The van der Waals surface area contributed by atoms with Crippen LogP contribution in [0.1, 0.15) is 11.1 Å². The van der Waals surface area contributed by atoms with Gasteiger partial charge in [0.05, 0.1) is 5.52 Å². The molecule has 0 saturated heterocycles. The standard InChI is InChI=1S/C17H14ClNS/c1-12-6-8-15(9-7-12)20-11-14-10-13-4-2-3-5-16(13)19-17(14)18/h2-10H,11H2,1H3. The third kappa shape index (κ3) is 2.97. The summed E-state index contributed by atoms with van der Waals surface area (Å²) in [6.45, 7) is 2.10. The van der Waals surface area contributed by atoms with Crippen LogP contribution in [0.2, 0.25) is 5.15 Å². The van der Waals surface area contributed by atoms with Crippen LogP contribution in [0.3, 0.4) is 0 Å². The van der Waals surface area contributed by atoms with E-state index in [-0.39, 0.29) is 0 Å². The summed E-state index contributed by atoms with van der Waals surface area (Å²) in [7, 11) is 0. The molecule has 0 atom stereocenters. The molecule has 0 aliphatic rings. The van der Waals surface area contributed by atoms with Gasteiger partial charge in [-0.05, 0) is 31.2 Å². The Hall–Kier alpha value is -1.51. The Balaban J connectivity index is 1.83. The minimum atomic E-state index is 0.600. The van der Waals surface area contributed by atoms with Crippen molar-refractivity contribution in [3.05, 3.63) is 70.9 Å². The first kappa shape index (κ1) is 13.5. The van der Waals surface area contributed by atoms with E-state index in [2.05, 4.69) is 48.3 Å². The number of aromatic nitrogens is 1. The molecule has 0 fully saturated rings. The normalized spacial score (nSPS) is 10.9. The Morgan fingerprint density at radius 3 is 2.60 bits per heavy atom. The van der Waals surface area contributed by atoms with Gasteiger partial charge >= 0.3 is 0 Å². The zero-order chi connectivity index (χ0) is 13.9. The second-order valence-electron chi connectivity index (χ2n) is 4.73. The maximum Gasteiger partial charge on any atom is 0.133 e. The van der Waals surface area contributed by atoms with Crippen molar-refractivity contribution < 1.29 is 0 Å². The topological polar surface area (TPSA) is 12.9 Å². The Kier molecular flexibility index (Phi) is 3.95. The first-order valence-electron chi connectivity index (χ1n) is 6.46. The van der Waals surface area contributed by atoms with E-state index >= 15 is 0 Å². The lowest BCUT2D eigenvalue weighted by atomic mass is 10.2. The van der Waals surface area contributed by atoms with E-state index in [4.69, 9.17) is 11.6 Å². The second-order valence-corrected chi connectivity index (χ2v) is 6.14. The van der Waals surface area contributed by atoms with Gasteiger partial charge in [0.15, 0.2) is 0 Å². The van der Waals surface area contributed by atoms with E-state index in [9.17, 15) is 0 Å². The van der Waals surface area contributed by atoms with Gasteiger partial charge in [-0.15, -0.1) is 11.8 Å². The molecule has 0 unspecified atom stereocenters. The minimum Gasteiger partial charge on any atom is -0.236 e. The number of thioether (sulfide) groups is 1. The van der Waals surface area contributed by atoms with Crippen molar-refractivity contribution in [2.24, 2.45) is 0 Å². The van der Waals surface area contributed by atoms with Crippen LogP contribution >= 0.6 is 23.4 Å². The number of halogens is 1. The number of hydrogen-bond acceptors (Lipinski definition) is 2. The predicted molar refractivity (Wildman–Crippen MR) is 87.5 cm³/mol. The van der Waals surface area contributed by atoms with Gasteiger partial charge in [0.25, 0.3) is 0 Å². The van der Waals surface area contributed by atoms with Crippen molar-refractivity contribution in [2.75, 3.05) is 0 Å². The van der Waals surface area contributed by atoms with Gasteiger partial charge in [0.1, 0.15) is 5.15 Å². The molecule has 3 rings (SSSR count). The number of para-hydroxylation sites is 1. The fraction of sp³-hybridized carbons (Fsp3) is 0.118. The molecule has 1 aromatic heterocycles. The van der Waals surface area contributed by atoms with Crippen LogP contribution in [0.4, 0.5) is 0 Å². The molecule has 100 valence electrons. The molecule has 20 heavy (non-hydrogen) atoms. The fourth-order valence-electron chi connectivity index (χ4n) is 2.03. The third-order valence-electron chi connectivity index (χ3n) is 3.17. The van der Waals surface area contributed by atoms with Crippen LogP contribution in [0.5, 0.6) is 0 Å².